The van der Waals surface area contributed by atoms with Crippen LogP contribution in [0.15, 0.2) is 0 Å². The van der Waals surface area contributed by atoms with Gasteiger partial charge < -0.3 is 4.74 Å². The molecule has 78 valence electrons. The Balaban J connectivity index is 2.08. The van der Waals surface area contributed by atoms with Crippen LogP contribution in [0, 0.1) is 5.92 Å². The van der Waals surface area contributed by atoms with E-state index < -0.39 is 4.45 Å². The summed E-state index contributed by atoms with van der Waals surface area (Å²) in [5.41, 5.74) is 0. The van der Waals surface area contributed by atoms with E-state index in [1.54, 1.807) is 0 Å². The van der Waals surface area contributed by atoms with E-state index >= 15 is 0 Å². The molecule has 13 heavy (non-hydrogen) atoms. The highest BCUT2D eigenvalue weighted by molar-refractivity contribution is 8.13. The van der Waals surface area contributed by atoms with E-state index in [0.717, 1.165) is 6.61 Å². The van der Waals surface area contributed by atoms with Crippen LogP contribution < -0.4 is 0 Å². The largest absolute Gasteiger partial charge is 0.330 e. The molecule has 0 aliphatic carbocycles. The quantitative estimate of drug-likeness (QED) is 0.309. The summed E-state index contributed by atoms with van der Waals surface area (Å²) in [5.74, 6) is 0.661. The van der Waals surface area contributed by atoms with Gasteiger partial charge in [-0.2, -0.15) is 0 Å². The molecule has 2 atom stereocenters. The van der Waals surface area contributed by atoms with E-state index in [4.69, 9.17) is 8.92 Å². The van der Waals surface area contributed by atoms with E-state index in [2.05, 4.69) is 26.5 Å². The van der Waals surface area contributed by atoms with E-state index in [-0.39, 0.29) is 0 Å². The Kier molecular flexibility index (Phi) is 4.94. The molecule has 1 aliphatic heterocycles. The summed E-state index contributed by atoms with van der Waals surface area (Å²) in [4.78, 5) is 0. The Morgan fingerprint density at radius 2 is 2.23 bits per heavy atom. The number of unbranched alkanes of at least 4 members (excludes halogenated alkanes) is 1. The zero-order valence-electron chi connectivity index (χ0n) is 8.28. The predicted octanol–water partition coefficient (Wildman–Crippen LogP) is 3.44. The fourth-order valence-corrected chi connectivity index (χ4v) is 1.63. The molecule has 0 saturated carbocycles. The molecule has 0 aromatic rings. The van der Waals surface area contributed by atoms with Crippen LogP contribution in [0.5, 0.6) is 0 Å². The minimum absolute atomic E-state index is 0.611. The van der Waals surface area contributed by atoms with Crippen LogP contribution in [-0.2, 0) is 8.92 Å². The molecule has 2 nitrogen and oxygen atoms in total. The molecule has 1 heterocycles. The number of thiol groups is 1. The summed E-state index contributed by atoms with van der Waals surface area (Å²) in [6.45, 7) is 5.19. The Hall–Kier alpha value is 0.620. The lowest BCUT2D eigenvalue weighted by Gasteiger charge is -2.14. The highest BCUT2D eigenvalue weighted by Crippen LogP contribution is 2.51. The minimum Gasteiger partial charge on any atom is -0.330 e. The zero-order chi connectivity index (χ0) is 9.73. The monoisotopic (exact) mass is 222 g/mol. The molecule has 0 aromatic heterocycles. The highest BCUT2D eigenvalue weighted by Gasteiger charge is 2.46. The van der Waals surface area contributed by atoms with Gasteiger partial charge in [0.2, 0.25) is 0 Å². The summed E-state index contributed by atoms with van der Waals surface area (Å²) in [7, 11) is 0. The summed E-state index contributed by atoms with van der Waals surface area (Å²) in [6, 6.07) is 0. The second-order valence-electron chi connectivity index (χ2n) is 3.42. The van der Waals surface area contributed by atoms with Crippen LogP contribution in [0.25, 0.3) is 0 Å². The molecule has 0 N–H and O–H groups in total. The van der Waals surface area contributed by atoms with Crippen molar-refractivity contribution < 1.29 is 8.92 Å². The molecule has 2 unspecified atom stereocenters. The Morgan fingerprint density at radius 1 is 1.54 bits per heavy atom. The van der Waals surface area contributed by atoms with Gasteiger partial charge in [-0.25, -0.2) is 0 Å². The van der Waals surface area contributed by atoms with E-state index in [1.807, 2.05) is 0 Å². The average Bonchev–Trinajstić information content (AvgIpc) is 2.85. The fourth-order valence-electron chi connectivity index (χ4n) is 1.21. The van der Waals surface area contributed by atoms with Crippen LogP contribution in [0.4, 0.5) is 0 Å². The molecule has 0 spiro atoms. The van der Waals surface area contributed by atoms with Gasteiger partial charge >= 0.3 is 4.45 Å². The highest BCUT2D eigenvalue weighted by atomic mass is 32.2. The molecular formula is C9H18O2S2. The van der Waals surface area contributed by atoms with E-state index in [0.29, 0.717) is 5.92 Å². The van der Waals surface area contributed by atoms with Gasteiger partial charge in [-0.3, -0.25) is 4.18 Å². The second-order valence-corrected chi connectivity index (χ2v) is 5.18. The lowest BCUT2D eigenvalue weighted by atomic mass is 10.0. The molecular weight excluding hydrogens is 204 g/mol. The van der Waals surface area contributed by atoms with Crippen molar-refractivity contribution in [2.45, 2.75) is 44.0 Å². The van der Waals surface area contributed by atoms with Crippen LogP contribution in [0.1, 0.15) is 39.5 Å². The smallest absolute Gasteiger partial charge is 0.303 e. The third-order valence-corrected chi connectivity index (χ3v) is 3.42. The van der Waals surface area contributed by atoms with Crippen molar-refractivity contribution in [3.05, 3.63) is 0 Å². The molecule has 0 amide bonds. The SMILES string of the molecule is CCCCC(CC)COC1(S)OS1. The number of ether oxygens (including phenoxy) is 1. The van der Waals surface area contributed by atoms with Crippen molar-refractivity contribution in [2.24, 2.45) is 5.92 Å². The number of rotatable bonds is 7. The maximum absolute atomic E-state index is 5.50. The van der Waals surface area contributed by atoms with Gasteiger partial charge in [-0.05, 0) is 12.3 Å². The first-order valence-electron chi connectivity index (χ1n) is 4.93. The van der Waals surface area contributed by atoms with Crippen molar-refractivity contribution in [3.63, 3.8) is 0 Å². The van der Waals surface area contributed by atoms with Crippen molar-refractivity contribution >= 4 is 24.7 Å². The van der Waals surface area contributed by atoms with E-state index in [1.165, 1.54) is 37.7 Å². The minimum atomic E-state index is -0.611. The lowest BCUT2D eigenvalue weighted by Crippen LogP contribution is -2.14. The maximum atomic E-state index is 5.50. The van der Waals surface area contributed by atoms with E-state index in [9.17, 15) is 0 Å². The van der Waals surface area contributed by atoms with Crippen LogP contribution >= 0.6 is 24.7 Å². The van der Waals surface area contributed by atoms with Crippen LogP contribution in [0.2, 0.25) is 0 Å². The first kappa shape index (κ1) is 11.7. The normalized spacial score (nSPS) is 28.8. The molecule has 0 radical (unpaired) electrons. The summed E-state index contributed by atoms with van der Waals surface area (Å²) in [5, 5.41) is 0. The zero-order valence-corrected chi connectivity index (χ0v) is 10.00. The summed E-state index contributed by atoms with van der Waals surface area (Å²) >= 11 is 5.48. The third-order valence-electron chi connectivity index (χ3n) is 2.27. The van der Waals surface area contributed by atoms with Crippen molar-refractivity contribution in [3.8, 4) is 0 Å². The number of hydrogen-bond donors (Lipinski definition) is 1. The molecule has 0 aromatic carbocycles. The van der Waals surface area contributed by atoms with Crippen LogP contribution in [0.3, 0.4) is 0 Å². The van der Waals surface area contributed by atoms with Gasteiger partial charge in [0.1, 0.15) is 0 Å². The Bertz CT molecular complexity index is 149. The maximum Gasteiger partial charge on any atom is 0.303 e. The first-order valence-corrected chi connectivity index (χ1v) is 6.12. The topological polar surface area (TPSA) is 21.8 Å². The molecule has 4 heteroatoms. The summed E-state index contributed by atoms with van der Waals surface area (Å²) < 4.78 is 9.84. The van der Waals surface area contributed by atoms with Crippen molar-refractivity contribution in [1.82, 2.24) is 0 Å². The standard InChI is InChI=1S/C9H18O2S2/c1-3-5-6-8(4-2)7-10-9(12)11-13-9/h8,12H,3-7H2,1-2H3. The van der Waals surface area contributed by atoms with Crippen molar-refractivity contribution in [1.29, 1.82) is 0 Å². The van der Waals surface area contributed by atoms with Gasteiger partial charge in [0.25, 0.3) is 0 Å². The lowest BCUT2D eigenvalue weighted by molar-refractivity contribution is 0.00335. The van der Waals surface area contributed by atoms with Gasteiger partial charge in [0.05, 0.1) is 18.6 Å². The first-order chi connectivity index (χ1) is 6.20. The molecule has 1 aliphatic rings. The number of hydrogen-bond acceptors (Lipinski definition) is 4. The average molecular weight is 222 g/mol. The van der Waals surface area contributed by atoms with Gasteiger partial charge in [-0.15, -0.1) is 12.6 Å². The predicted molar refractivity (Wildman–Crippen MR) is 59.7 cm³/mol. The fraction of sp³-hybridized carbons (Fsp3) is 1.00. The van der Waals surface area contributed by atoms with Gasteiger partial charge in [-0.1, -0.05) is 33.1 Å². The van der Waals surface area contributed by atoms with Gasteiger partial charge in [0.15, 0.2) is 0 Å². The molecule has 1 rings (SSSR count). The molecule has 0 bridgehead atoms. The molecule has 1 fully saturated rings. The second kappa shape index (κ2) is 5.49. The third kappa shape index (κ3) is 4.58. The van der Waals surface area contributed by atoms with Crippen molar-refractivity contribution in [2.75, 3.05) is 6.61 Å². The molecule has 1 saturated heterocycles. The van der Waals surface area contributed by atoms with Gasteiger partial charge in [0, 0.05) is 0 Å². The summed E-state index contributed by atoms with van der Waals surface area (Å²) in [6.07, 6.45) is 4.97. The Morgan fingerprint density at radius 3 is 2.69 bits per heavy atom. The van der Waals surface area contributed by atoms with Crippen LogP contribution in [-0.4, -0.2) is 11.1 Å². The Labute approximate surface area is 90.4 Å².